The first-order valence-electron chi connectivity index (χ1n) is 7.54. The fourth-order valence-electron chi connectivity index (χ4n) is 2.67. The van der Waals surface area contributed by atoms with E-state index >= 15 is 0 Å². The van der Waals surface area contributed by atoms with Crippen molar-refractivity contribution in [3.63, 3.8) is 0 Å². The molecule has 0 atom stereocenters. The zero-order valence-electron chi connectivity index (χ0n) is 12.6. The van der Waals surface area contributed by atoms with Crippen LogP contribution in [0.15, 0.2) is 30.3 Å². The number of rotatable bonds is 5. The maximum absolute atomic E-state index is 12.1. The number of carbonyl (C=O) groups is 1. The van der Waals surface area contributed by atoms with Gasteiger partial charge in [-0.3, -0.25) is 9.69 Å². The molecule has 1 aromatic carbocycles. The lowest BCUT2D eigenvalue weighted by Gasteiger charge is -2.36. The molecule has 0 spiro atoms. The molecule has 1 aliphatic rings. The third-order valence-electron chi connectivity index (χ3n) is 3.97. The highest BCUT2D eigenvalue weighted by Crippen LogP contribution is 2.15. The molecular formula is C16H25N3O. The van der Waals surface area contributed by atoms with E-state index in [1.165, 1.54) is 5.69 Å². The molecule has 1 heterocycles. The zero-order chi connectivity index (χ0) is 14.4. The lowest BCUT2D eigenvalue weighted by molar-refractivity contribution is -0.132. The van der Waals surface area contributed by atoms with E-state index < -0.39 is 0 Å². The number of anilines is 1. The van der Waals surface area contributed by atoms with Crippen LogP contribution in [-0.2, 0) is 4.79 Å². The van der Waals surface area contributed by atoms with E-state index in [1.54, 1.807) is 0 Å². The molecule has 0 saturated carbocycles. The minimum absolute atomic E-state index is 0.253. The van der Waals surface area contributed by atoms with Crippen molar-refractivity contribution in [1.82, 2.24) is 9.80 Å². The van der Waals surface area contributed by atoms with Crippen molar-refractivity contribution in [3.8, 4) is 0 Å². The van der Waals surface area contributed by atoms with Gasteiger partial charge in [-0.15, -0.1) is 0 Å². The Hall–Kier alpha value is -1.55. The molecule has 0 bridgehead atoms. The predicted molar refractivity (Wildman–Crippen MR) is 83.0 cm³/mol. The summed E-state index contributed by atoms with van der Waals surface area (Å²) < 4.78 is 0. The smallest absolute Gasteiger partial charge is 0.236 e. The van der Waals surface area contributed by atoms with Gasteiger partial charge in [0.05, 0.1) is 6.54 Å². The Morgan fingerprint density at radius 3 is 2.20 bits per heavy atom. The summed E-state index contributed by atoms with van der Waals surface area (Å²) in [5.41, 5.74) is 1.28. The molecule has 1 aliphatic heterocycles. The maximum atomic E-state index is 12.1. The average Bonchev–Trinajstić information content (AvgIpc) is 2.50. The van der Waals surface area contributed by atoms with E-state index in [4.69, 9.17) is 0 Å². The van der Waals surface area contributed by atoms with Crippen LogP contribution in [0, 0.1) is 0 Å². The molecule has 0 aliphatic carbocycles. The Kier molecular flexibility index (Phi) is 5.41. The Bertz CT molecular complexity index is 409. The topological polar surface area (TPSA) is 26.8 Å². The van der Waals surface area contributed by atoms with Crippen LogP contribution in [0.25, 0.3) is 0 Å². The molecule has 4 heteroatoms. The number of amides is 1. The average molecular weight is 275 g/mol. The molecule has 110 valence electrons. The van der Waals surface area contributed by atoms with Gasteiger partial charge in [0.1, 0.15) is 0 Å². The summed E-state index contributed by atoms with van der Waals surface area (Å²) in [5.74, 6) is 0.253. The summed E-state index contributed by atoms with van der Waals surface area (Å²) in [5, 5.41) is 0. The fourth-order valence-corrected chi connectivity index (χ4v) is 2.67. The summed E-state index contributed by atoms with van der Waals surface area (Å²) in [7, 11) is 0. The van der Waals surface area contributed by atoms with Crippen LogP contribution < -0.4 is 4.90 Å². The highest BCUT2D eigenvalue weighted by atomic mass is 16.2. The van der Waals surface area contributed by atoms with Crippen LogP contribution in [0.4, 0.5) is 5.69 Å². The Balaban J connectivity index is 1.81. The summed E-state index contributed by atoms with van der Waals surface area (Å²) in [6, 6.07) is 10.5. The largest absolute Gasteiger partial charge is 0.369 e. The molecule has 0 aromatic heterocycles. The van der Waals surface area contributed by atoms with Gasteiger partial charge >= 0.3 is 0 Å². The second-order valence-electron chi connectivity index (χ2n) is 5.16. The Morgan fingerprint density at radius 1 is 1.05 bits per heavy atom. The normalized spacial score (nSPS) is 16.2. The highest BCUT2D eigenvalue weighted by Gasteiger charge is 2.20. The van der Waals surface area contributed by atoms with Crippen molar-refractivity contribution in [2.45, 2.75) is 13.8 Å². The van der Waals surface area contributed by atoms with Crippen molar-refractivity contribution in [2.75, 3.05) is 50.7 Å². The number of para-hydroxylation sites is 1. The second kappa shape index (κ2) is 7.29. The van der Waals surface area contributed by atoms with Gasteiger partial charge in [0.15, 0.2) is 0 Å². The molecule has 1 aromatic rings. The zero-order valence-corrected chi connectivity index (χ0v) is 12.6. The van der Waals surface area contributed by atoms with Crippen molar-refractivity contribution in [1.29, 1.82) is 0 Å². The third kappa shape index (κ3) is 3.73. The van der Waals surface area contributed by atoms with Gasteiger partial charge in [-0.2, -0.15) is 0 Å². The number of likely N-dealkylation sites (N-methyl/N-ethyl adjacent to an activating group) is 1. The number of piperazine rings is 1. The molecule has 0 N–H and O–H groups in total. The Morgan fingerprint density at radius 2 is 1.65 bits per heavy atom. The van der Waals surface area contributed by atoms with Gasteiger partial charge in [-0.05, 0) is 26.0 Å². The minimum Gasteiger partial charge on any atom is -0.369 e. The first kappa shape index (κ1) is 14.9. The van der Waals surface area contributed by atoms with E-state index in [0.29, 0.717) is 6.54 Å². The lowest BCUT2D eigenvalue weighted by atomic mass is 10.2. The quantitative estimate of drug-likeness (QED) is 0.818. The molecule has 0 unspecified atom stereocenters. The van der Waals surface area contributed by atoms with Gasteiger partial charge in [0.25, 0.3) is 0 Å². The highest BCUT2D eigenvalue weighted by molar-refractivity contribution is 5.78. The SMILES string of the molecule is CCN(CC)C(=O)CN1CCN(c2ccccc2)CC1. The maximum Gasteiger partial charge on any atom is 0.236 e. The van der Waals surface area contributed by atoms with Crippen molar-refractivity contribution in [3.05, 3.63) is 30.3 Å². The van der Waals surface area contributed by atoms with Crippen LogP contribution >= 0.6 is 0 Å². The van der Waals surface area contributed by atoms with E-state index in [0.717, 1.165) is 39.3 Å². The summed E-state index contributed by atoms with van der Waals surface area (Å²) >= 11 is 0. The minimum atomic E-state index is 0.253. The third-order valence-corrected chi connectivity index (χ3v) is 3.97. The predicted octanol–water partition coefficient (Wildman–Crippen LogP) is 1.68. The van der Waals surface area contributed by atoms with E-state index in [2.05, 4.69) is 34.1 Å². The first-order chi connectivity index (χ1) is 9.74. The van der Waals surface area contributed by atoms with E-state index in [9.17, 15) is 4.79 Å². The molecule has 1 fully saturated rings. The van der Waals surface area contributed by atoms with Gasteiger partial charge < -0.3 is 9.80 Å². The number of hydrogen-bond acceptors (Lipinski definition) is 3. The van der Waals surface area contributed by atoms with Crippen LogP contribution in [-0.4, -0.2) is 61.5 Å². The summed E-state index contributed by atoms with van der Waals surface area (Å²) in [4.78, 5) is 18.7. The first-order valence-corrected chi connectivity index (χ1v) is 7.54. The number of nitrogens with zero attached hydrogens (tertiary/aromatic N) is 3. The number of hydrogen-bond donors (Lipinski definition) is 0. The van der Waals surface area contributed by atoms with Gasteiger partial charge in [0, 0.05) is 45.0 Å². The van der Waals surface area contributed by atoms with Gasteiger partial charge in [-0.1, -0.05) is 18.2 Å². The van der Waals surface area contributed by atoms with Crippen molar-refractivity contribution < 1.29 is 4.79 Å². The van der Waals surface area contributed by atoms with Crippen molar-refractivity contribution in [2.24, 2.45) is 0 Å². The molecule has 1 saturated heterocycles. The fraction of sp³-hybridized carbons (Fsp3) is 0.562. The van der Waals surface area contributed by atoms with Crippen LogP contribution in [0.5, 0.6) is 0 Å². The second-order valence-corrected chi connectivity index (χ2v) is 5.16. The Labute approximate surface area is 122 Å². The standard InChI is InChI=1S/C16H25N3O/c1-3-18(4-2)16(20)14-17-10-12-19(13-11-17)15-8-6-5-7-9-15/h5-9H,3-4,10-14H2,1-2H3. The van der Waals surface area contributed by atoms with E-state index in [1.807, 2.05) is 24.8 Å². The van der Waals surface area contributed by atoms with Gasteiger partial charge in [-0.25, -0.2) is 0 Å². The van der Waals surface area contributed by atoms with Crippen LogP contribution in [0.1, 0.15) is 13.8 Å². The molecule has 4 nitrogen and oxygen atoms in total. The lowest BCUT2D eigenvalue weighted by Crippen LogP contribution is -2.50. The summed E-state index contributed by atoms with van der Waals surface area (Å²) in [6.45, 7) is 10.2. The molecule has 20 heavy (non-hydrogen) atoms. The number of carbonyl (C=O) groups excluding carboxylic acids is 1. The number of benzene rings is 1. The van der Waals surface area contributed by atoms with Crippen molar-refractivity contribution >= 4 is 11.6 Å². The molecular weight excluding hydrogens is 250 g/mol. The molecule has 0 radical (unpaired) electrons. The molecule has 1 amide bonds. The van der Waals surface area contributed by atoms with Gasteiger partial charge in [0.2, 0.25) is 5.91 Å². The molecule has 2 rings (SSSR count). The van der Waals surface area contributed by atoms with E-state index in [-0.39, 0.29) is 5.91 Å². The monoisotopic (exact) mass is 275 g/mol. The summed E-state index contributed by atoms with van der Waals surface area (Å²) in [6.07, 6.45) is 0. The van der Waals surface area contributed by atoms with Crippen LogP contribution in [0.3, 0.4) is 0 Å². The van der Waals surface area contributed by atoms with Crippen LogP contribution in [0.2, 0.25) is 0 Å².